The molecule has 2 aromatic carbocycles. The number of carbonyl (C=O) groups excluding carboxylic acids is 1. The summed E-state index contributed by atoms with van der Waals surface area (Å²) in [6, 6.07) is 15.5. The highest BCUT2D eigenvalue weighted by Gasteiger charge is 2.22. The Morgan fingerprint density at radius 1 is 1.27 bits per heavy atom. The number of likely N-dealkylation sites (N-methyl/N-ethyl adjacent to an activating group) is 1. The Morgan fingerprint density at radius 3 is 2.77 bits per heavy atom. The van der Waals surface area contributed by atoms with E-state index in [9.17, 15) is 4.79 Å². The third-order valence-electron chi connectivity index (χ3n) is 4.28. The van der Waals surface area contributed by atoms with Crippen molar-refractivity contribution < 1.29 is 9.53 Å². The van der Waals surface area contributed by atoms with Crippen molar-refractivity contribution in [2.24, 2.45) is 5.10 Å². The average molecular weight is 372 g/mol. The summed E-state index contributed by atoms with van der Waals surface area (Å²) in [7, 11) is 3.53. The van der Waals surface area contributed by atoms with Crippen LogP contribution in [0.5, 0.6) is 5.75 Å². The zero-order valence-corrected chi connectivity index (χ0v) is 15.7. The molecule has 0 saturated heterocycles. The largest absolute Gasteiger partial charge is 0.496 e. The highest BCUT2D eigenvalue weighted by molar-refractivity contribution is 6.30. The lowest BCUT2D eigenvalue weighted by atomic mass is 10.1. The van der Waals surface area contributed by atoms with E-state index in [4.69, 9.17) is 16.3 Å². The average Bonchev–Trinajstić information content (AvgIpc) is 3.13. The second-order valence-electron chi connectivity index (χ2n) is 6.31. The fourth-order valence-corrected chi connectivity index (χ4v) is 3.20. The van der Waals surface area contributed by atoms with Gasteiger partial charge in [-0.15, -0.1) is 0 Å². The summed E-state index contributed by atoms with van der Waals surface area (Å²) in [5.41, 5.74) is 2.98. The number of hydrazone groups is 1. The smallest absolute Gasteiger partial charge is 0.256 e. The van der Waals surface area contributed by atoms with Gasteiger partial charge < -0.3 is 4.74 Å². The van der Waals surface area contributed by atoms with Crippen LogP contribution in [0.2, 0.25) is 5.02 Å². The minimum absolute atomic E-state index is 0.0144. The van der Waals surface area contributed by atoms with Crippen LogP contribution in [-0.2, 0) is 11.3 Å². The number of halogens is 1. The van der Waals surface area contributed by atoms with Gasteiger partial charge in [-0.3, -0.25) is 9.69 Å². The van der Waals surface area contributed by atoms with E-state index in [1.807, 2.05) is 54.4 Å². The van der Waals surface area contributed by atoms with Gasteiger partial charge in [0.2, 0.25) is 0 Å². The molecule has 0 unspecified atom stereocenters. The van der Waals surface area contributed by atoms with Crippen LogP contribution in [0.4, 0.5) is 0 Å². The lowest BCUT2D eigenvalue weighted by Gasteiger charge is -2.20. The first-order chi connectivity index (χ1) is 12.6. The summed E-state index contributed by atoms with van der Waals surface area (Å²) in [6.45, 7) is 1.47. The summed E-state index contributed by atoms with van der Waals surface area (Å²) in [5.74, 6) is 0.749. The van der Waals surface area contributed by atoms with Crippen molar-refractivity contribution in [3.63, 3.8) is 0 Å². The maximum absolute atomic E-state index is 12.6. The van der Waals surface area contributed by atoms with Gasteiger partial charge >= 0.3 is 0 Å². The Hall–Kier alpha value is -2.37. The molecule has 0 aromatic heterocycles. The van der Waals surface area contributed by atoms with Crippen LogP contribution >= 0.6 is 11.6 Å². The molecule has 1 aliphatic rings. The Kier molecular flexibility index (Phi) is 5.91. The van der Waals surface area contributed by atoms with Crippen molar-refractivity contribution >= 4 is 23.2 Å². The van der Waals surface area contributed by atoms with Crippen molar-refractivity contribution in [1.29, 1.82) is 0 Å². The van der Waals surface area contributed by atoms with Gasteiger partial charge in [0.15, 0.2) is 0 Å². The van der Waals surface area contributed by atoms with E-state index in [-0.39, 0.29) is 12.5 Å². The van der Waals surface area contributed by atoms with Crippen LogP contribution in [0, 0.1) is 0 Å². The van der Waals surface area contributed by atoms with Gasteiger partial charge in [0.05, 0.1) is 25.9 Å². The molecule has 0 bridgehead atoms. The summed E-state index contributed by atoms with van der Waals surface area (Å²) < 4.78 is 5.37. The van der Waals surface area contributed by atoms with Crippen molar-refractivity contribution in [3.05, 3.63) is 64.7 Å². The van der Waals surface area contributed by atoms with Gasteiger partial charge in [-0.05, 0) is 30.8 Å². The number of hydrogen-bond acceptors (Lipinski definition) is 4. The number of amides is 1. The van der Waals surface area contributed by atoms with Crippen LogP contribution in [0.3, 0.4) is 0 Å². The van der Waals surface area contributed by atoms with Gasteiger partial charge in [-0.2, -0.15) is 5.10 Å². The maximum atomic E-state index is 12.6. The summed E-state index contributed by atoms with van der Waals surface area (Å²) in [6.07, 6.45) is 0.779. The minimum atomic E-state index is -0.0144. The first-order valence-electron chi connectivity index (χ1n) is 8.51. The molecule has 0 atom stereocenters. The minimum Gasteiger partial charge on any atom is -0.496 e. The Balaban J connectivity index is 1.62. The van der Waals surface area contributed by atoms with E-state index in [0.29, 0.717) is 18.1 Å². The Labute approximate surface area is 158 Å². The second kappa shape index (κ2) is 8.34. The van der Waals surface area contributed by atoms with Gasteiger partial charge in [-0.1, -0.05) is 41.9 Å². The second-order valence-corrected chi connectivity index (χ2v) is 6.74. The summed E-state index contributed by atoms with van der Waals surface area (Å²) in [5, 5.41) is 6.71. The predicted octanol–water partition coefficient (Wildman–Crippen LogP) is 3.42. The molecule has 1 amide bonds. The normalized spacial score (nSPS) is 13.8. The summed E-state index contributed by atoms with van der Waals surface area (Å²) >= 11 is 6.07. The molecule has 26 heavy (non-hydrogen) atoms. The molecular weight excluding hydrogens is 350 g/mol. The third kappa shape index (κ3) is 4.42. The van der Waals surface area contributed by atoms with E-state index in [2.05, 4.69) is 5.10 Å². The molecule has 0 saturated carbocycles. The van der Waals surface area contributed by atoms with Crippen LogP contribution in [0.15, 0.2) is 53.6 Å². The van der Waals surface area contributed by atoms with Crippen LogP contribution in [0.1, 0.15) is 17.5 Å². The quantitative estimate of drug-likeness (QED) is 0.781. The molecule has 0 N–H and O–H groups in total. The highest BCUT2D eigenvalue weighted by atomic mass is 35.5. The highest BCUT2D eigenvalue weighted by Crippen LogP contribution is 2.24. The lowest BCUT2D eigenvalue weighted by Crippen LogP contribution is -2.34. The standard InChI is InChI=1S/C20H22ClN3O2/c1-23(13-16-12-17(21)8-9-19(16)26-2)14-20(25)24-11-10-18(22-24)15-6-4-3-5-7-15/h3-9,12H,10-11,13-14H2,1-2H3. The first kappa shape index (κ1) is 18.4. The predicted molar refractivity (Wildman–Crippen MR) is 104 cm³/mol. The van der Waals surface area contributed by atoms with Gasteiger partial charge in [0, 0.05) is 23.6 Å². The van der Waals surface area contributed by atoms with Crippen molar-refractivity contribution in [2.75, 3.05) is 27.2 Å². The maximum Gasteiger partial charge on any atom is 0.256 e. The molecule has 3 rings (SSSR count). The summed E-state index contributed by atoms with van der Waals surface area (Å²) in [4.78, 5) is 14.5. The van der Waals surface area contributed by atoms with Crippen molar-refractivity contribution in [2.45, 2.75) is 13.0 Å². The molecule has 0 fully saturated rings. The zero-order valence-electron chi connectivity index (χ0n) is 15.0. The zero-order chi connectivity index (χ0) is 18.5. The topological polar surface area (TPSA) is 45.1 Å². The van der Waals surface area contributed by atoms with Gasteiger partial charge in [0.25, 0.3) is 5.91 Å². The molecular formula is C20H22ClN3O2. The van der Waals surface area contributed by atoms with E-state index in [1.165, 1.54) is 0 Å². The fraction of sp³-hybridized carbons (Fsp3) is 0.300. The van der Waals surface area contributed by atoms with E-state index >= 15 is 0 Å². The number of ether oxygens (including phenoxy) is 1. The number of methoxy groups -OCH3 is 1. The van der Waals surface area contributed by atoms with Crippen LogP contribution < -0.4 is 4.74 Å². The third-order valence-corrected chi connectivity index (χ3v) is 4.52. The Bertz CT molecular complexity index is 808. The van der Waals surface area contributed by atoms with E-state index in [0.717, 1.165) is 29.0 Å². The van der Waals surface area contributed by atoms with Gasteiger partial charge in [-0.25, -0.2) is 5.01 Å². The number of rotatable bonds is 6. The SMILES string of the molecule is COc1ccc(Cl)cc1CN(C)CC(=O)N1CCC(c2ccccc2)=N1. The lowest BCUT2D eigenvalue weighted by molar-refractivity contribution is -0.131. The van der Waals surface area contributed by atoms with Crippen molar-refractivity contribution in [3.8, 4) is 5.75 Å². The van der Waals surface area contributed by atoms with Crippen LogP contribution in [-0.4, -0.2) is 48.8 Å². The molecule has 1 aliphatic heterocycles. The monoisotopic (exact) mass is 371 g/mol. The molecule has 136 valence electrons. The number of hydrogen-bond donors (Lipinski definition) is 0. The molecule has 5 nitrogen and oxygen atoms in total. The fourth-order valence-electron chi connectivity index (χ4n) is 3.00. The molecule has 0 spiro atoms. The van der Waals surface area contributed by atoms with Gasteiger partial charge in [0.1, 0.15) is 5.75 Å². The molecule has 0 aliphatic carbocycles. The van der Waals surface area contributed by atoms with E-state index in [1.54, 1.807) is 18.2 Å². The molecule has 1 heterocycles. The number of benzene rings is 2. The van der Waals surface area contributed by atoms with Crippen molar-refractivity contribution in [1.82, 2.24) is 9.91 Å². The van der Waals surface area contributed by atoms with Crippen LogP contribution in [0.25, 0.3) is 0 Å². The first-order valence-corrected chi connectivity index (χ1v) is 8.89. The molecule has 0 radical (unpaired) electrons. The molecule has 2 aromatic rings. The van der Waals surface area contributed by atoms with E-state index < -0.39 is 0 Å². The number of nitrogens with zero attached hydrogens (tertiary/aromatic N) is 3. The number of carbonyl (C=O) groups is 1. The molecule has 6 heteroatoms. The Morgan fingerprint density at radius 2 is 2.04 bits per heavy atom.